The molecule has 0 spiro atoms. The van der Waals surface area contributed by atoms with Crippen molar-refractivity contribution in [2.24, 2.45) is 0 Å². The quantitative estimate of drug-likeness (QED) is 0.599. The molecule has 2 amide bonds. The Kier molecular flexibility index (Phi) is 8.72. The van der Waals surface area contributed by atoms with Gasteiger partial charge in [0.2, 0.25) is 5.91 Å². The van der Waals surface area contributed by atoms with E-state index in [-0.39, 0.29) is 18.2 Å². The van der Waals surface area contributed by atoms with Gasteiger partial charge in [-0.3, -0.25) is 14.6 Å². The fourth-order valence-corrected chi connectivity index (χ4v) is 3.08. The third-order valence-corrected chi connectivity index (χ3v) is 4.63. The third kappa shape index (κ3) is 6.83. The van der Waals surface area contributed by atoms with Crippen LogP contribution in [-0.4, -0.2) is 41.3 Å². The summed E-state index contributed by atoms with van der Waals surface area (Å²) in [6.45, 7) is 7.36. The Hall–Kier alpha value is -2.63. The maximum Gasteiger partial charge on any atom is 0.257 e. The number of hydrogen-bond donors (Lipinski definition) is 1. The molecular formula is C22H31N3O3. The zero-order valence-electron chi connectivity index (χ0n) is 17.2. The maximum atomic E-state index is 12.9. The first-order valence-corrected chi connectivity index (χ1v) is 10.0. The maximum absolute atomic E-state index is 12.9. The van der Waals surface area contributed by atoms with Gasteiger partial charge in [-0.05, 0) is 38.5 Å². The van der Waals surface area contributed by atoms with Crippen LogP contribution < -0.4 is 5.32 Å². The molecule has 1 N–H and O–H groups in total. The summed E-state index contributed by atoms with van der Waals surface area (Å²) in [5, 5.41) is 2.91. The molecule has 0 aliphatic rings. The van der Waals surface area contributed by atoms with Gasteiger partial charge in [0.15, 0.2) is 0 Å². The van der Waals surface area contributed by atoms with Crippen LogP contribution in [-0.2, 0) is 11.2 Å². The van der Waals surface area contributed by atoms with Gasteiger partial charge >= 0.3 is 0 Å². The van der Waals surface area contributed by atoms with Gasteiger partial charge in [-0.25, -0.2) is 0 Å². The van der Waals surface area contributed by atoms with E-state index in [9.17, 15) is 9.59 Å². The summed E-state index contributed by atoms with van der Waals surface area (Å²) in [7, 11) is 0. The highest BCUT2D eigenvalue weighted by molar-refractivity contribution is 5.95. The number of pyridine rings is 1. The largest absolute Gasteiger partial charge is 0.466 e. The molecule has 0 saturated carbocycles. The second kappa shape index (κ2) is 11.3. The van der Waals surface area contributed by atoms with Gasteiger partial charge in [-0.2, -0.15) is 0 Å². The van der Waals surface area contributed by atoms with Gasteiger partial charge < -0.3 is 14.6 Å². The number of amides is 2. The first-order valence-electron chi connectivity index (χ1n) is 10.0. The van der Waals surface area contributed by atoms with Crippen molar-refractivity contribution >= 4 is 11.8 Å². The molecule has 2 rings (SSSR count). The minimum absolute atomic E-state index is 0.0516. The molecule has 152 valence electrons. The third-order valence-electron chi connectivity index (χ3n) is 4.63. The fraction of sp³-hybridized carbons (Fsp3) is 0.500. The molecule has 2 heterocycles. The first kappa shape index (κ1) is 21.7. The standard InChI is InChI=1S/C22H31N3O3/c1-4-5-8-14-25(22(27)20-16-17(2)28-18(20)3)15-11-21(26)24-13-10-19-9-6-7-12-23-19/h6-7,9,12,16H,4-5,8,10-11,13-15H2,1-3H3,(H,24,26). The van der Waals surface area contributed by atoms with Gasteiger partial charge in [0.05, 0.1) is 5.56 Å². The summed E-state index contributed by atoms with van der Waals surface area (Å²) in [5.41, 5.74) is 1.54. The highest BCUT2D eigenvalue weighted by Crippen LogP contribution is 2.17. The molecule has 0 radical (unpaired) electrons. The van der Waals surface area contributed by atoms with E-state index in [0.717, 1.165) is 30.7 Å². The summed E-state index contributed by atoms with van der Waals surface area (Å²) in [4.78, 5) is 31.1. The van der Waals surface area contributed by atoms with Gasteiger partial charge in [0.1, 0.15) is 11.5 Å². The lowest BCUT2D eigenvalue weighted by Crippen LogP contribution is -2.36. The van der Waals surface area contributed by atoms with Crippen LogP contribution in [0.15, 0.2) is 34.9 Å². The molecule has 28 heavy (non-hydrogen) atoms. The summed E-state index contributed by atoms with van der Waals surface area (Å²) in [5.74, 6) is 1.24. The number of aromatic nitrogens is 1. The molecule has 0 bridgehead atoms. The van der Waals surface area contributed by atoms with E-state index in [2.05, 4.69) is 17.2 Å². The SMILES string of the molecule is CCCCCN(CCC(=O)NCCc1ccccn1)C(=O)c1cc(C)oc1C. The smallest absolute Gasteiger partial charge is 0.257 e. The Labute approximate surface area is 167 Å². The molecule has 0 aliphatic heterocycles. The van der Waals surface area contributed by atoms with Crippen LogP contribution in [0.25, 0.3) is 0 Å². The molecule has 6 heteroatoms. The summed E-state index contributed by atoms with van der Waals surface area (Å²) >= 11 is 0. The monoisotopic (exact) mass is 385 g/mol. The van der Waals surface area contributed by atoms with Crippen molar-refractivity contribution in [3.8, 4) is 0 Å². The second-order valence-corrected chi connectivity index (χ2v) is 7.00. The highest BCUT2D eigenvalue weighted by atomic mass is 16.3. The van der Waals surface area contributed by atoms with Crippen molar-refractivity contribution < 1.29 is 14.0 Å². The first-order chi connectivity index (χ1) is 13.5. The Bertz CT molecular complexity index is 756. The zero-order chi connectivity index (χ0) is 20.4. The average Bonchev–Trinajstić information content (AvgIpc) is 3.03. The summed E-state index contributed by atoms with van der Waals surface area (Å²) < 4.78 is 5.50. The molecule has 2 aromatic heterocycles. The Morgan fingerprint density at radius 1 is 1.18 bits per heavy atom. The predicted molar refractivity (Wildman–Crippen MR) is 109 cm³/mol. The fourth-order valence-electron chi connectivity index (χ4n) is 3.08. The van der Waals surface area contributed by atoms with Crippen LogP contribution in [0.2, 0.25) is 0 Å². The number of hydrogen-bond acceptors (Lipinski definition) is 4. The lowest BCUT2D eigenvalue weighted by atomic mass is 10.2. The van der Waals surface area contributed by atoms with Crippen molar-refractivity contribution in [2.45, 2.75) is 52.9 Å². The molecule has 0 saturated heterocycles. The lowest BCUT2D eigenvalue weighted by Gasteiger charge is -2.22. The lowest BCUT2D eigenvalue weighted by molar-refractivity contribution is -0.121. The van der Waals surface area contributed by atoms with Crippen LogP contribution in [0.4, 0.5) is 0 Å². The number of nitrogens with zero attached hydrogens (tertiary/aromatic N) is 2. The van der Waals surface area contributed by atoms with Gasteiger partial charge in [-0.1, -0.05) is 25.8 Å². The van der Waals surface area contributed by atoms with E-state index in [0.29, 0.717) is 37.4 Å². The molecule has 6 nitrogen and oxygen atoms in total. The molecule has 0 unspecified atom stereocenters. The normalized spacial score (nSPS) is 10.7. The Balaban J connectivity index is 1.86. The van der Waals surface area contributed by atoms with Crippen molar-refractivity contribution in [2.75, 3.05) is 19.6 Å². The molecule has 2 aromatic rings. The van der Waals surface area contributed by atoms with E-state index in [1.165, 1.54) is 0 Å². The van der Waals surface area contributed by atoms with Gasteiger partial charge in [-0.15, -0.1) is 0 Å². The Morgan fingerprint density at radius 2 is 2.00 bits per heavy atom. The van der Waals surface area contributed by atoms with E-state index >= 15 is 0 Å². The average molecular weight is 386 g/mol. The highest BCUT2D eigenvalue weighted by Gasteiger charge is 2.20. The molecule has 0 aromatic carbocycles. The number of carbonyl (C=O) groups excluding carboxylic acids is 2. The minimum atomic E-state index is -0.0632. The van der Waals surface area contributed by atoms with E-state index in [4.69, 9.17) is 4.42 Å². The Morgan fingerprint density at radius 3 is 2.64 bits per heavy atom. The van der Waals surface area contributed by atoms with Crippen LogP contribution in [0.5, 0.6) is 0 Å². The predicted octanol–water partition coefficient (Wildman–Crippen LogP) is 3.67. The van der Waals surface area contributed by atoms with Crippen molar-refractivity contribution in [1.82, 2.24) is 15.2 Å². The number of rotatable bonds is 11. The van der Waals surface area contributed by atoms with Gasteiger partial charge in [0, 0.05) is 44.4 Å². The van der Waals surface area contributed by atoms with Crippen molar-refractivity contribution in [1.29, 1.82) is 0 Å². The number of unbranched alkanes of at least 4 members (excludes halogenated alkanes) is 2. The summed E-state index contributed by atoms with van der Waals surface area (Å²) in [6.07, 6.45) is 5.80. The number of carbonyl (C=O) groups is 2. The molecule has 0 aliphatic carbocycles. The number of aryl methyl sites for hydroxylation is 2. The molecule has 0 atom stereocenters. The zero-order valence-corrected chi connectivity index (χ0v) is 17.2. The van der Waals surface area contributed by atoms with Crippen LogP contribution in [0.3, 0.4) is 0 Å². The van der Waals surface area contributed by atoms with Crippen LogP contribution in [0.1, 0.15) is 60.2 Å². The van der Waals surface area contributed by atoms with Crippen molar-refractivity contribution in [3.05, 3.63) is 53.2 Å². The molecular weight excluding hydrogens is 354 g/mol. The van der Waals surface area contributed by atoms with E-state index in [1.54, 1.807) is 24.1 Å². The number of nitrogens with one attached hydrogen (secondary N) is 1. The van der Waals surface area contributed by atoms with E-state index in [1.807, 2.05) is 25.1 Å². The second-order valence-electron chi connectivity index (χ2n) is 7.00. The minimum Gasteiger partial charge on any atom is -0.466 e. The van der Waals surface area contributed by atoms with Crippen LogP contribution in [0, 0.1) is 13.8 Å². The summed E-state index contributed by atoms with van der Waals surface area (Å²) in [6, 6.07) is 7.52. The van der Waals surface area contributed by atoms with E-state index < -0.39 is 0 Å². The van der Waals surface area contributed by atoms with Gasteiger partial charge in [0.25, 0.3) is 5.91 Å². The number of furan rings is 1. The van der Waals surface area contributed by atoms with Crippen molar-refractivity contribution in [3.63, 3.8) is 0 Å². The topological polar surface area (TPSA) is 75.4 Å². The molecule has 0 fully saturated rings. The van der Waals surface area contributed by atoms with Crippen LogP contribution >= 0.6 is 0 Å².